The van der Waals surface area contributed by atoms with Gasteiger partial charge in [-0.15, -0.1) is 0 Å². The predicted octanol–water partition coefficient (Wildman–Crippen LogP) is 1.14. The molecule has 1 heterocycles. The summed E-state index contributed by atoms with van der Waals surface area (Å²) in [5, 5.41) is 32.6. The number of thioether (sulfide) groups is 1. The first-order chi connectivity index (χ1) is 11.1. The van der Waals surface area contributed by atoms with Gasteiger partial charge >= 0.3 is 0 Å². The quantitative estimate of drug-likeness (QED) is 0.728. The van der Waals surface area contributed by atoms with Crippen molar-refractivity contribution in [1.82, 2.24) is 0 Å². The zero-order valence-electron chi connectivity index (χ0n) is 13.2. The minimum atomic E-state index is -4.23. The van der Waals surface area contributed by atoms with Crippen LogP contribution in [0.25, 0.3) is 0 Å². The molecular formula is C16H14N2O4S2-2. The molecule has 0 saturated carbocycles. The number of sulfonamides is 1. The van der Waals surface area contributed by atoms with E-state index in [1.165, 1.54) is 23.6 Å². The summed E-state index contributed by atoms with van der Waals surface area (Å²) in [4.78, 5) is -0.531. The van der Waals surface area contributed by atoms with E-state index in [2.05, 4.69) is 4.40 Å². The van der Waals surface area contributed by atoms with Crippen molar-refractivity contribution in [3.8, 4) is 6.07 Å². The molecule has 2 rings (SSSR count). The van der Waals surface area contributed by atoms with Gasteiger partial charge in [-0.05, 0) is 34.6 Å². The van der Waals surface area contributed by atoms with E-state index in [1.807, 2.05) is 26.8 Å². The maximum atomic E-state index is 12.5. The average molecular weight is 362 g/mol. The second-order valence-electron chi connectivity index (χ2n) is 6.06. The Hall–Kier alpha value is -2.24. The molecule has 0 radical (unpaired) electrons. The number of allylic oxidation sites excluding steroid dienone is 2. The maximum Gasteiger partial charge on any atom is 0.284 e. The molecule has 1 aromatic rings. The molecule has 0 saturated heterocycles. The van der Waals surface area contributed by atoms with Gasteiger partial charge in [-0.3, -0.25) is 0 Å². The van der Waals surface area contributed by atoms with Gasteiger partial charge in [0.05, 0.1) is 11.3 Å². The van der Waals surface area contributed by atoms with Crippen LogP contribution in [-0.2, 0) is 15.4 Å². The Morgan fingerprint density at radius 2 is 1.96 bits per heavy atom. The van der Waals surface area contributed by atoms with Crippen molar-refractivity contribution in [2.45, 2.75) is 31.1 Å². The molecule has 0 unspecified atom stereocenters. The van der Waals surface area contributed by atoms with E-state index in [-0.39, 0.29) is 26.5 Å². The van der Waals surface area contributed by atoms with Crippen LogP contribution in [0.4, 0.5) is 0 Å². The summed E-state index contributed by atoms with van der Waals surface area (Å²) in [6, 6.07) is 6.32. The van der Waals surface area contributed by atoms with Gasteiger partial charge in [-0.25, -0.2) is 0 Å². The number of rotatable bonds is 2. The summed E-state index contributed by atoms with van der Waals surface area (Å²) in [5.74, 6) is -1.50. The normalized spacial score (nSPS) is 16.4. The van der Waals surface area contributed by atoms with Crippen LogP contribution < -0.4 is 10.2 Å². The molecule has 0 aliphatic carbocycles. The SMILES string of the molecule is CC(C)(C)c1ccc(S(=O)(=O)N=C2C=CSC2=C([O-])[O-])c(C#N)c1. The van der Waals surface area contributed by atoms with Crippen LogP contribution in [0.15, 0.2) is 49.8 Å². The summed E-state index contributed by atoms with van der Waals surface area (Å²) < 4.78 is 28.5. The summed E-state index contributed by atoms with van der Waals surface area (Å²) in [5.41, 5.74) is 0.324. The lowest BCUT2D eigenvalue weighted by Crippen LogP contribution is -2.22. The Balaban J connectivity index is 2.57. The van der Waals surface area contributed by atoms with E-state index in [1.54, 1.807) is 6.07 Å². The first-order valence-electron chi connectivity index (χ1n) is 6.88. The van der Waals surface area contributed by atoms with Crippen molar-refractivity contribution in [3.05, 3.63) is 51.7 Å². The van der Waals surface area contributed by atoms with E-state index in [9.17, 15) is 23.9 Å². The third kappa shape index (κ3) is 3.63. The molecule has 0 amide bonds. The van der Waals surface area contributed by atoms with E-state index >= 15 is 0 Å². The van der Waals surface area contributed by atoms with Gasteiger partial charge < -0.3 is 10.2 Å². The van der Waals surface area contributed by atoms with Gasteiger partial charge in [0, 0.05) is 4.91 Å². The second kappa shape index (κ2) is 6.34. The minimum Gasteiger partial charge on any atom is -0.883 e. The summed E-state index contributed by atoms with van der Waals surface area (Å²) in [6.45, 7) is 5.83. The van der Waals surface area contributed by atoms with Crippen LogP contribution >= 0.6 is 11.8 Å². The molecule has 0 fully saturated rings. The number of nitrogens with zero attached hydrogens (tertiary/aromatic N) is 2. The van der Waals surface area contributed by atoms with Crippen LogP contribution in [0.1, 0.15) is 31.9 Å². The summed E-state index contributed by atoms with van der Waals surface area (Å²) in [6.07, 6.45) is 1.28. The molecule has 6 nitrogen and oxygen atoms in total. The first kappa shape index (κ1) is 18.1. The Kier molecular flexibility index (Phi) is 4.78. The Labute approximate surface area is 144 Å². The lowest BCUT2D eigenvalue weighted by atomic mass is 9.86. The highest BCUT2D eigenvalue weighted by Gasteiger charge is 2.23. The van der Waals surface area contributed by atoms with Crippen LogP contribution in [-0.4, -0.2) is 14.1 Å². The van der Waals surface area contributed by atoms with Gasteiger partial charge in [0.25, 0.3) is 10.0 Å². The lowest BCUT2D eigenvalue weighted by Gasteiger charge is -2.21. The minimum absolute atomic E-state index is 0.0311. The van der Waals surface area contributed by atoms with Crippen LogP contribution in [0.3, 0.4) is 0 Å². The molecular weight excluding hydrogens is 348 g/mol. The molecule has 0 atom stereocenters. The van der Waals surface area contributed by atoms with Gasteiger partial charge in [-0.2, -0.15) is 24.0 Å². The molecule has 1 aliphatic heterocycles. The Bertz CT molecular complexity index is 910. The fourth-order valence-corrected chi connectivity index (χ4v) is 3.87. The van der Waals surface area contributed by atoms with Gasteiger partial charge in [0.2, 0.25) is 0 Å². The number of hydrogen-bond donors (Lipinski definition) is 0. The molecule has 0 aromatic heterocycles. The highest BCUT2D eigenvalue weighted by atomic mass is 32.2. The molecule has 8 heteroatoms. The number of nitriles is 1. The fraction of sp³-hybridized carbons (Fsp3) is 0.250. The smallest absolute Gasteiger partial charge is 0.284 e. The van der Waals surface area contributed by atoms with Crippen molar-refractivity contribution in [3.63, 3.8) is 0 Å². The molecule has 0 spiro atoms. The van der Waals surface area contributed by atoms with Gasteiger partial charge in [0.15, 0.2) is 0 Å². The van der Waals surface area contributed by atoms with Crippen LogP contribution in [0, 0.1) is 11.3 Å². The predicted molar refractivity (Wildman–Crippen MR) is 88.2 cm³/mol. The van der Waals surface area contributed by atoms with E-state index < -0.39 is 16.0 Å². The molecule has 0 N–H and O–H groups in total. The zero-order chi connectivity index (χ0) is 18.1. The van der Waals surface area contributed by atoms with Crippen molar-refractivity contribution in [1.29, 1.82) is 5.26 Å². The van der Waals surface area contributed by atoms with Gasteiger partial charge in [0.1, 0.15) is 11.0 Å². The van der Waals surface area contributed by atoms with Crippen molar-refractivity contribution >= 4 is 27.5 Å². The van der Waals surface area contributed by atoms with Crippen molar-refractivity contribution in [2.24, 2.45) is 4.40 Å². The molecule has 1 aliphatic rings. The van der Waals surface area contributed by atoms with Crippen LogP contribution in [0.2, 0.25) is 0 Å². The lowest BCUT2D eigenvalue weighted by molar-refractivity contribution is -0.513. The summed E-state index contributed by atoms with van der Waals surface area (Å²) >= 11 is 0.824. The molecule has 0 bridgehead atoms. The zero-order valence-corrected chi connectivity index (χ0v) is 14.9. The fourth-order valence-electron chi connectivity index (χ4n) is 2.01. The van der Waals surface area contributed by atoms with Crippen LogP contribution in [0.5, 0.6) is 0 Å². The average Bonchev–Trinajstić information content (AvgIpc) is 2.93. The Morgan fingerprint density at radius 1 is 1.29 bits per heavy atom. The highest BCUT2D eigenvalue weighted by Crippen LogP contribution is 2.30. The topological polar surface area (TPSA) is 116 Å². The molecule has 126 valence electrons. The first-order valence-corrected chi connectivity index (χ1v) is 9.20. The third-order valence-corrected chi connectivity index (χ3v) is 5.52. The molecule has 24 heavy (non-hydrogen) atoms. The monoisotopic (exact) mass is 362 g/mol. The van der Waals surface area contributed by atoms with Crippen molar-refractivity contribution < 1.29 is 18.6 Å². The summed E-state index contributed by atoms with van der Waals surface area (Å²) in [7, 11) is -4.23. The number of benzene rings is 1. The van der Waals surface area contributed by atoms with Crippen molar-refractivity contribution in [2.75, 3.05) is 0 Å². The standard InChI is InChI=1S/C16H16N2O4S2/c1-16(2,3)11-4-5-13(10(8-11)9-17)24(21,22)18-12-6-7-23-14(12)15(19)20/h4-8,19-20H,1-3H3/p-2. The maximum absolute atomic E-state index is 12.5. The largest absolute Gasteiger partial charge is 0.883 e. The number of hydrogen-bond acceptors (Lipinski definition) is 6. The Morgan fingerprint density at radius 3 is 2.50 bits per heavy atom. The molecule has 1 aromatic carbocycles. The van der Waals surface area contributed by atoms with Gasteiger partial charge in [-0.1, -0.05) is 38.6 Å². The highest BCUT2D eigenvalue weighted by molar-refractivity contribution is 8.07. The second-order valence-corrected chi connectivity index (χ2v) is 8.55. The van der Waals surface area contributed by atoms with E-state index in [0.717, 1.165) is 17.3 Å². The third-order valence-electron chi connectivity index (χ3n) is 3.29. The van der Waals surface area contributed by atoms with E-state index in [0.29, 0.717) is 0 Å². The van der Waals surface area contributed by atoms with E-state index in [4.69, 9.17) is 0 Å².